The van der Waals surface area contributed by atoms with Gasteiger partial charge in [0.15, 0.2) is 0 Å². The lowest BCUT2D eigenvalue weighted by Crippen LogP contribution is -2.44. The van der Waals surface area contributed by atoms with Gasteiger partial charge in [-0.2, -0.15) is 13.2 Å². The van der Waals surface area contributed by atoms with Gasteiger partial charge in [0.05, 0.1) is 11.3 Å². The van der Waals surface area contributed by atoms with Gasteiger partial charge >= 0.3 is 6.18 Å². The third-order valence-corrected chi connectivity index (χ3v) is 9.22. The first-order valence-corrected chi connectivity index (χ1v) is 15.1. The van der Waals surface area contributed by atoms with E-state index >= 15 is 0 Å². The van der Waals surface area contributed by atoms with Crippen LogP contribution in [0.15, 0.2) is 30.5 Å². The van der Waals surface area contributed by atoms with Gasteiger partial charge < -0.3 is 20.0 Å². The monoisotopic (exact) mass is 586 g/mol. The molecule has 8 nitrogen and oxygen atoms in total. The third kappa shape index (κ3) is 7.04. The molecule has 1 saturated carbocycles. The van der Waals surface area contributed by atoms with E-state index in [1.165, 1.54) is 0 Å². The van der Waals surface area contributed by atoms with Gasteiger partial charge in [-0.15, -0.1) is 0 Å². The summed E-state index contributed by atoms with van der Waals surface area (Å²) in [4.78, 5) is 40.5. The Kier molecular flexibility index (Phi) is 9.35. The summed E-state index contributed by atoms with van der Waals surface area (Å²) in [6.45, 7) is 3.37. The van der Waals surface area contributed by atoms with Crippen LogP contribution in [-0.2, 0) is 17.4 Å². The van der Waals surface area contributed by atoms with Gasteiger partial charge in [0, 0.05) is 49.5 Å². The van der Waals surface area contributed by atoms with Crippen molar-refractivity contribution in [1.29, 1.82) is 0 Å². The Morgan fingerprint density at radius 1 is 0.976 bits per heavy atom. The first-order valence-electron chi connectivity index (χ1n) is 15.1. The molecule has 2 amide bonds. The number of halogens is 3. The molecule has 42 heavy (non-hydrogen) atoms. The minimum absolute atomic E-state index is 0.0544. The van der Waals surface area contributed by atoms with Gasteiger partial charge in [-0.1, -0.05) is 12.8 Å². The summed E-state index contributed by atoms with van der Waals surface area (Å²) in [6.07, 6.45) is 3.34. The number of rotatable bonds is 7. The van der Waals surface area contributed by atoms with Gasteiger partial charge in [0.1, 0.15) is 0 Å². The summed E-state index contributed by atoms with van der Waals surface area (Å²) in [5, 5.41) is 3.01. The van der Waals surface area contributed by atoms with Gasteiger partial charge in [-0.25, -0.2) is 9.97 Å². The van der Waals surface area contributed by atoms with Crippen LogP contribution >= 0.6 is 0 Å². The fourth-order valence-electron chi connectivity index (χ4n) is 6.64. The molecular weight excluding hydrogens is 545 g/mol. The molecule has 228 valence electrons. The average molecular weight is 587 g/mol. The summed E-state index contributed by atoms with van der Waals surface area (Å²) in [5.74, 6) is -0.396. The molecule has 1 aromatic heterocycles. The lowest BCUT2D eigenvalue weighted by atomic mass is 9.75. The molecular formula is C31H41F3N6O2. The summed E-state index contributed by atoms with van der Waals surface area (Å²) in [6, 6.07) is 7.03. The molecule has 3 aliphatic rings. The number of anilines is 2. The molecule has 5 rings (SSSR count). The second kappa shape index (κ2) is 13.0. The molecule has 0 bridgehead atoms. The van der Waals surface area contributed by atoms with Gasteiger partial charge in [0.25, 0.3) is 5.91 Å². The smallest absolute Gasteiger partial charge is 0.342 e. The van der Waals surface area contributed by atoms with E-state index in [4.69, 9.17) is 0 Å². The molecule has 2 aliphatic heterocycles. The minimum Gasteiger partial charge on any atom is -0.342 e. The van der Waals surface area contributed by atoms with Crippen LogP contribution in [0.4, 0.5) is 24.8 Å². The zero-order valence-electron chi connectivity index (χ0n) is 24.5. The van der Waals surface area contributed by atoms with E-state index in [2.05, 4.69) is 27.2 Å². The van der Waals surface area contributed by atoms with Crippen molar-refractivity contribution in [2.75, 3.05) is 45.6 Å². The molecule has 3 fully saturated rings. The van der Waals surface area contributed by atoms with Gasteiger partial charge in [-0.3, -0.25) is 9.59 Å². The predicted molar refractivity (Wildman–Crippen MR) is 154 cm³/mol. The molecule has 1 N–H and O–H groups in total. The molecule has 0 radical (unpaired) electrons. The lowest BCUT2D eigenvalue weighted by molar-refractivity contribution is -0.139. The topological polar surface area (TPSA) is 81.7 Å². The highest BCUT2D eigenvalue weighted by Gasteiger charge is 2.39. The zero-order valence-corrected chi connectivity index (χ0v) is 24.5. The van der Waals surface area contributed by atoms with Crippen molar-refractivity contribution < 1.29 is 22.8 Å². The number of hydrogen-bond donors (Lipinski definition) is 1. The highest BCUT2D eigenvalue weighted by Crippen LogP contribution is 2.38. The van der Waals surface area contributed by atoms with E-state index in [9.17, 15) is 22.8 Å². The number of alkyl halides is 3. The fraction of sp³-hybridized carbons (Fsp3) is 0.613. The molecule has 2 saturated heterocycles. The highest BCUT2D eigenvalue weighted by atomic mass is 19.4. The SMILES string of the molecule is CN1CCC(N(C)C(=O)c2ccc(Nc3ncc(C(F)(F)F)c(C[C@@H]4CCCC[C@@H]4C(=O)N4CCCC4)n3)cc2)CC1. The first-order chi connectivity index (χ1) is 20.1. The molecule has 11 heteroatoms. The average Bonchev–Trinajstić information content (AvgIpc) is 3.52. The van der Waals surface area contributed by atoms with Crippen molar-refractivity contribution in [2.45, 2.75) is 70.0 Å². The second-order valence-electron chi connectivity index (χ2n) is 12.1. The predicted octanol–water partition coefficient (Wildman–Crippen LogP) is 5.38. The maximum Gasteiger partial charge on any atom is 0.419 e. The van der Waals surface area contributed by atoms with Crippen LogP contribution in [0.3, 0.4) is 0 Å². The quantitative estimate of drug-likeness (QED) is 0.470. The molecule has 2 atom stereocenters. The number of nitrogens with one attached hydrogen (secondary N) is 1. The third-order valence-electron chi connectivity index (χ3n) is 9.22. The second-order valence-corrected chi connectivity index (χ2v) is 12.1. The summed E-state index contributed by atoms with van der Waals surface area (Å²) in [7, 11) is 3.91. The lowest BCUT2D eigenvalue weighted by Gasteiger charge is -2.35. The highest BCUT2D eigenvalue weighted by molar-refractivity contribution is 5.94. The van der Waals surface area contributed by atoms with Crippen LogP contribution < -0.4 is 5.32 Å². The maximum atomic E-state index is 14.0. The molecule has 3 heterocycles. The number of benzene rings is 1. The Bertz CT molecular complexity index is 1240. The molecule has 0 unspecified atom stereocenters. The Hall–Kier alpha value is -3.21. The molecule has 2 aromatic rings. The first kappa shape index (κ1) is 30.3. The van der Waals surface area contributed by atoms with Crippen molar-refractivity contribution in [3.05, 3.63) is 47.3 Å². The molecule has 1 aromatic carbocycles. The number of carbonyl (C=O) groups is 2. The number of piperidine rings is 1. The number of hydrogen-bond acceptors (Lipinski definition) is 6. The summed E-state index contributed by atoms with van der Waals surface area (Å²) >= 11 is 0. The van der Waals surface area contributed by atoms with Crippen LogP contribution in [0.5, 0.6) is 0 Å². The van der Waals surface area contributed by atoms with Crippen molar-refractivity contribution in [1.82, 2.24) is 24.7 Å². The zero-order chi connectivity index (χ0) is 29.9. The van der Waals surface area contributed by atoms with E-state index < -0.39 is 11.7 Å². The maximum absolute atomic E-state index is 14.0. The van der Waals surface area contributed by atoms with Crippen molar-refractivity contribution in [2.24, 2.45) is 11.8 Å². The van der Waals surface area contributed by atoms with E-state index in [0.29, 0.717) is 24.1 Å². The van der Waals surface area contributed by atoms with Crippen LogP contribution in [0.2, 0.25) is 0 Å². The standard InChI is InChI=1S/C31H41F3N6O2/c1-38-17-13-24(14-18-38)39(2)28(41)21-9-11-23(12-10-21)36-30-35-20-26(31(32,33)34)27(37-30)19-22-7-3-4-8-25(22)29(42)40-15-5-6-16-40/h9-12,20,22,24-25H,3-8,13-19H2,1-2H3,(H,35,36,37)/t22-,25-/m0/s1. The van der Waals surface area contributed by atoms with Gasteiger partial charge in [0.2, 0.25) is 11.9 Å². The Balaban J connectivity index is 1.30. The van der Waals surface area contributed by atoms with Gasteiger partial charge in [-0.05, 0) is 95.3 Å². The van der Waals surface area contributed by atoms with Crippen LogP contribution in [0, 0.1) is 11.8 Å². The Morgan fingerprint density at radius 2 is 1.64 bits per heavy atom. The van der Waals surface area contributed by atoms with Crippen molar-refractivity contribution >= 4 is 23.5 Å². The van der Waals surface area contributed by atoms with E-state index in [1.54, 1.807) is 29.2 Å². The van der Waals surface area contributed by atoms with Crippen molar-refractivity contribution in [3.63, 3.8) is 0 Å². The van der Waals surface area contributed by atoms with Crippen LogP contribution in [0.25, 0.3) is 0 Å². The van der Waals surface area contributed by atoms with Crippen molar-refractivity contribution in [3.8, 4) is 0 Å². The molecule has 1 aliphatic carbocycles. The Labute approximate surface area is 245 Å². The normalized spacial score (nSPS) is 22.3. The van der Waals surface area contributed by atoms with E-state index in [-0.39, 0.29) is 47.8 Å². The van der Waals surface area contributed by atoms with E-state index in [1.807, 2.05) is 11.9 Å². The fourth-order valence-corrected chi connectivity index (χ4v) is 6.64. The number of carbonyl (C=O) groups excluding carboxylic acids is 2. The molecule has 0 spiro atoms. The summed E-state index contributed by atoms with van der Waals surface area (Å²) in [5.41, 5.74) is 0.169. The number of nitrogens with zero attached hydrogens (tertiary/aromatic N) is 5. The summed E-state index contributed by atoms with van der Waals surface area (Å²) < 4.78 is 42.0. The van der Waals surface area contributed by atoms with E-state index in [0.717, 1.165) is 70.9 Å². The minimum atomic E-state index is -4.60. The number of amides is 2. The van der Waals surface area contributed by atoms with Crippen LogP contribution in [-0.4, -0.2) is 82.8 Å². The number of aromatic nitrogens is 2. The van der Waals surface area contributed by atoms with Crippen LogP contribution in [0.1, 0.15) is 73.0 Å². The Morgan fingerprint density at radius 3 is 2.31 bits per heavy atom. The number of likely N-dealkylation sites (tertiary alicyclic amines) is 2. The largest absolute Gasteiger partial charge is 0.419 e.